The molecule has 0 unspecified atom stereocenters. The Morgan fingerprint density at radius 1 is 1.04 bits per heavy atom. The molecule has 0 atom stereocenters. The summed E-state index contributed by atoms with van der Waals surface area (Å²) < 4.78 is 40.7. The first-order valence-corrected chi connectivity index (χ1v) is 8.62. The zero-order valence-corrected chi connectivity index (χ0v) is 13.8. The Labute approximate surface area is 137 Å². The lowest BCUT2D eigenvalue weighted by Gasteiger charge is -2.16. The minimum absolute atomic E-state index is 0.138. The van der Waals surface area contributed by atoms with Crippen LogP contribution in [0.4, 0.5) is 13.2 Å². The predicted octanol–water partition coefficient (Wildman–Crippen LogP) is 6.02. The van der Waals surface area contributed by atoms with Gasteiger partial charge in [0.15, 0.2) is 0 Å². The van der Waals surface area contributed by atoms with Crippen LogP contribution in [0.3, 0.4) is 0 Å². The smallest absolute Gasteiger partial charge is 0.406 e. The van der Waals surface area contributed by atoms with Crippen molar-refractivity contribution >= 4 is 7.28 Å². The number of benzene rings is 1. The lowest BCUT2D eigenvalue weighted by molar-refractivity contribution is -0.274. The van der Waals surface area contributed by atoms with Gasteiger partial charge in [-0.1, -0.05) is 75.1 Å². The largest absolute Gasteiger partial charge is 0.573 e. The van der Waals surface area contributed by atoms with E-state index in [0.29, 0.717) is 5.82 Å². The monoisotopic (exact) mass is 325 g/mol. The lowest BCUT2D eigenvalue weighted by Crippen LogP contribution is -2.17. The summed E-state index contributed by atoms with van der Waals surface area (Å²) in [6.07, 6.45) is 6.62. The Morgan fingerprint density at radius 2 is 1.65 bits per heavy atom. The van der Waals surface area contributed by atoms with Crippen molar-refractivity contribution in [3.05, 3.63) is 29.3 Å². The van der Waals surface area contributed by atoms with Crippen molar-refractivity contribution in [2.75, 3.05) is 0 Å². The summed E-state index contributed by atoms with van der Waals surface area (Å²) >= 11 is 0. The van der Waals surface area contributed by atoms with Crippen LogP contribution in [0.25, 0.3) is 0 Å². The van der Waals surface area contributed by atoms with Crippen molar-refractivity contribution in [1.29, 1.82) is 0 Å². The van der Waals surface area contributed by atoms with Crippen molar-refractivity contribution in [2.45, 2.75) is 76.8 Å². The Bertz CT molecular complexity index is 478. The quantitative estimate of drug-likeness (QED) is 0.615. The van der Waals surface area contributed by atoms with Crippen molar-refractivity contribution in [3.63, 3.8) is 0 Å². The van der Waals surface area contributed by atoms with E-state index in [1.165, 1.54) is 63.5 Å². The highest BCUT2D eigenvalue weighted by Crippen LogP contribution is 2.28. The molecule has 0 aliphatic heterocycles. The van der Waals surface area contributed by atoms with Gasteiger partial charge in [0.25, 0.3) is 0 Å². The second-order valence-electron chi connectivity index (χ2n) is 6.53. The van der Waals surface area contributed by atoms with Crippen LogP contribution in [0.2, 0.25) is 5.82 Å². The minimum Gasteiger partial charge on any atom is -0.406 e. The fourth-order valence-corrected chi connectivity index (χ4v) is 3.29. The summed E-state index contributed by atoms with van der Waals surface area (Å²) in [6.45, 7) is 1.84. The molecule has 1 aromatic rings. The minimum atomic E-state index is -4.63. The van der Waals surface area contributed by atoms with Crippen LogP contribution in [0.15, 0.2) is 18.2 Å². The normalized spacial score (nSPS) is 17.9. The van der Waals surface area contributed by atoms with Crippen LogP contribution >= 0.6 is 0 Å². The topological polar surface area (TPSA) is 9.23 Å². The molecule has 1 aromatic carbocycles. The van der Waals surface area contributed by atoms with Crippen molar-refractivity contribution < 1.29 is 17.9 Å². The second-order valence-corrected chi connectivity index (χ2v) is 6.53. The van der Waals surface area contributed by atoms with Crippen LogP contribution in [-0.4, -0.2) is 13.6 Å². The highest BCUT2D eigenvalue weighted by atomic mass is 19.4. The van der Waals surface area contributed by atoms with Gasteiger partial charge in [-0.2, -0.15) is 0 Å². The summed E-state index contributed by atoms with van der Waals surface area (Å²) in [5, 5.41) is 0. The van der Waals surface area contributed by atoms with E-state index < -0.39 is 6.36 Å². The van der Waals surface area contributed by atoms with E-state index in [4.69, 9.17) is 0 Å². The molecule has 0 N–H and O–H groups in total. The third kappa shape index (κ3) is 6.88. The lowest BCUT2D eigenvalue weighted by atomic mass is 9.57. The standard InChI is InChI=1S/C18H25BF3O/c1-14-12-17(23-18(20,21)22)11-10-15(14)13-19-16-8-6-4-2-3-5-7-9-16/h10-12,16H,2-9,13H2,1H3. The third-order valence-electron chi connectivity index (χ3n) is 4.62. The van der Waals surface area contributed by atoms with Gasteiger partial charge >= 0.3 is 6.36 Å². The molecule has 2 rings (SSSR count). The maximum absolute atomic E-state index is 12.2. The summed E-state index contributed by atoms with van der Waals surface area (Å²) in [7, 11) is 2.36. The van der Waals surface area contributed by atoms with Gasteiger partial charge in [-0.3, -0.25) is 0 Å². The number of alkyl halides is 3. The molecular formula is C18H25BF3O. The molecule has 0 spiro atoms. The van der Waals surface area contributed by atoms with E-state index in [9.17, 15) is 13.2 Å². The molecule has 5 heteroatoms. The molecule has 1 aliphatic carbocycles. The van der Waals surface area contributed by atoms with Gasteiger partial charge < -0.3 is 4.74 Å². The number of ether oxygens (including phenoxy) is 1. The van der Waals surface area contributed by atoms with E-state index in [-0.39, 0.29) is 5.75 Å². The van der Waals surface area contributed by atoms with Crippen LogP contribution in [-0.2, 0) is 6.32 Å². The predicted molar refractivity (Wildman–Crippen MR) is 88.0 cm³/mol. The maximum atomic E-state index is 12.2. The molecule has 0 heterocycles. The molecule has 1 saturated carbocycles. The Hall–Kier alpha value is -1.13. The number of aryl methyl sites for hydroxylation is 1. The van der Waals surface area contributed by atoms with Crippen LogP contribution < -0.4 is 4.74 Å². The highest BCUT2D eigenvalue weighted by molar-refractivity contribution is 6.37. The first-order chi connectivity index (χ1) is 10.9. The van der Waals surface area contributed by atoms with Crippen LogP contribution in [0, 0.1) is 6.92 Å². The number of hydrogen-bond acceptors (Lipinski definition) is 1. The average Bonchev–Trinajstić information content (AvgIpc) is 2.58. The summed E-state index contributed by atoms with van der Waals surface area (Å²) in [4.78, 5) is 0. The maximum Gasteiger partial charge on any atom is 0.573 e. The first-order valence-electron chi connectivity index (χ1n) is 8.62. The first kappa shape index (κ1) is 18.2. The number of hydrogen-bond donors (Lipinski definition) is 0. The van der Waals surface area contributed by atoms with E-state index in [1.807, 2.05) is 6.92 Å². The van der Waals surface area contributed by atoms with Gasteiger partial charge in [0, 0.05) is 0 Å². The molecule has 1 aliphatic rings. The fourth-order valence-electron chi connectivity index (χ4n) is 3.29. The summed E-state index contributed by atoms with van der Waals surface area (Å²) in [6, 6.07) is 4.63. The van der Waals surface area contributed by atoms with Crippen molar-refractivity contribution in [2.24, 2.45) is 0 Å². The average molecular weight is 325 g/mol. The van der Waals surface area contributed by atoms with Crippen LogP contribution in [0.5, 0.6) is 5.75 Å². The molecule has 0 saturated heterocycles. The summed E-state index contributed by atoms with van der Waals surface area (Å²) in [5.74, 6) is 0.500. The van der Waals surface area contributed by atoms with Gasteiger partial charge in [-0.05, 0) is 24.6 Å². The Morgan fingerprint density at radius 3 is 2.22 bits per heavy atom. The molecular weight excluding hydrogens is 300 g/mol. The van der Waals surface area contributed by atoms with Gasteiger partial charge in [-0.25, -0.2) is 0 Å². The van der Waals surface area contributed by atoms with E-state index in [0.717, 1.165) is 17.4 Å². The van der Waals surface area contributed by atoms with Crippen molar-refractivity contribution in [1.82, 2.24) is 0 Å². The molecule has 0 amide bonds. The van der Waals surface area contributed by atoms with Gasteiger partial charge in [-0.15, -0.1) is 13.2 Å². The Kier molecular flexibility index (Phi) is 6.85. The summed E-state index contributed by atoms with van der Waals surface area (Å²) in [5.41, 5.74) is 1.94. The zero-order chi connectivity index (χ0) is 16.7. The van der Waals surface area contributed by atoms with E-state index >= 15 is 0 Å². The number of halogens is 3. The third-order valence-corrected chi connectivity index (χ3v) is 4.62. The zero-order valence-electron chi connectivity index (χ0n) is 13.8. The molecule has 1 radical (unpaired) electrons. The molecule has 23 heavy (non-hydrogen) atoms. The van der Waals surface area contributed by atoms with Crippen LogP contribution in [0.1, 0.15) is 62.5 Å². The van der Waals surface area contributed by atoms with E-state index in [2.05, 4.69) is 12.0 Å². The SMILES string of the molecule is Cc1cc(OC(F)(F)F)ccc1C[B]C1CCCCCCCC1. The van der Waals surface area contributed by atoms with Gasteiger partial charge in [0.1, 0.15) is 13.0 Å². The second kappa shape index (κ2) is 8.65. The Balaban J connectivity index is 1.89. The van der Waals surface area contributed by atoms with Gasteiger partial charge in [0.05, 0.1) is 0 Å². The molecule has 1 nitrogen and oxygen atoms in total. The molecule has 127 valence electrons. The molecule has 1 fully saturated rings. The molecule has 0 aromatic heterocycles. The van der Waals surface area contributed by atoms with Gasteiger partial charge in [0.2, 0.25) is 0 Å². The van der Waals surface area contributed by atoms with Crippen molar-refractivity contribution in [3.8, 4) is 5.75 Å². The highest BCUT2D eigenvalue weighted by Gasteiger charge is 2.31. The number of rotatable bonds is 4. The molecule has 0 bridgehead atoms. The van der Waals surface area contributed by atoms with E-state index in [1.54, 1.807) is 6.07 Å². The fraction of sp³-hybridized carbons (Fsp3) is 0.667.